The standard InChI is InChI=1S/C18H18N2O3/c1-12-7-9-13(10-8-12)19-14-11-17(21)20(18(14)22)15-5-3-4-6-16(15)23-2/h3-10,14,19H,11H2,1-2H3/t14-/m1/s1. The van der Waals surface area contributed by atoms with Crippen molar-refractivity contribution < 1.29 is 14.3 Å². The molecule has 1 N–H and O–H groups in total. The fourth-order valence-corrected chi connectivity index (χ4v) is 2.66. The van der Waals surface area contributed by atoms with E-state index in [4.69, 9.17) is 4.74 Å². The van der Waals surface area contributed by atoms with Gasteiger partial charge in [-0.1, -0.05) is 29.8 Å². The molecular formula is C18H18N2O3. The Morgan fingerprint density at radius 2 is 1.78 bits per heavy atom. The van der Waals surface area contributed by atoms with Crippen LogP contribution in [0, 0.1) is 6.92 Å². The SMILES string of the molecule is COc1ccccc1N1C(=O)C[C@@H](Nc2ccc(C)cc2)C1=O. The van der Waals surface area contributed by atoms with E-state index in [9.17, 15) is 9.59 Å². The zero-order valence-corrected chi connectivity index (χ0v) is 13.1. The quantitative estimate of drug-likeness (QED) is 0.882. The van der Waals surface area contributed by atoms with E-state index in [2.05, 4.69) is 5.32 Å². The number of para-hydroxylation sites is 2. The summed E-state index contributed by atoms with van der Waals surface area (Å²) in [5, 5.41) is 3.13. The van der Waals surface area contributed by atoms with Crippen molar-refractivity contribution in [2.24, 2.45) is 0 Å². The predicted molar refractivity (Wildman–Crippen MR) is 88.7 cm³/mol. The minimum absolute atomic E-state index is 0.130. The molecule has 5 nitrogen and oxygen atoms in total. The minimum atomic E-state index is -0.560. The number of imide groups is 1. The summed E-state index contributed by atoms with van der Waals surface area (Å²) in [6.07, 6.45) is 0.130. The highest BCUT2D eigenvalue weighted by molar-refractivity contribution is 6.23. The molecule has 1 aliphatic rings. The van der Waals surface area contributed by atoms with Gasteiger partial charge in [0.15, 0.2) is 0 Å². The van der Waals surface area contributed by atoms with Crippen LogP contribution in [0.2, 0.25) is 0 Å². The molecule has 3 rings (SSSR count). The van der Waals surface area contributed by atoms with Crippen molar-refractivity contribution in [3.63, 3.8) is 0 Å². The monoisotopic (exact) mass is 310 g/mol. The summed E-state index contributed by atoms with van der Waals surface area (Å²) in [7, 11) is 1.52. The molecule has 2 aromatic rings. The van der Waals surface area contributed by atoms with Gasteiger partial charge in [-0.05, 0) is 31.2 Å². The van der Waals surface area contributed by atoms with Crippen LogP contribution >= 0.6 is 0 Å². The average Bonchev–Trinajstić information content (AvgIpc) is 2.83. The first-order chi connectivity index (χ1) is 11.1. The van der Waals surface area contributed by atoms with E-state index in [-0.39, 0.29) is 18.2 Å². The van der Waals surface area contributed by atoms with Crippen molar-refractivity contribution in [2.45, 2.75) is 19.4 Å². The molecule has 118 valence electrons. The molecule has 0 spiro atoms. The topological polar surface area (TPSA) is 58.6 Å². The van der Waals surface area contributed by atoms with E-state index in [0.717, 1.165) is 11.3 Å². The first-order valence-corrected chi connectivity index (χ1v) is 7.43. The van der Waals surface area contributed by atoms with Crippen LogP contribution in [-0.4, -0.2) is 25.0 Å². The molecule has 0 aromatic heterocycles. The number of nitrogens with zero attached hydrogens (tertiary/aromatic N) is 1. The number of methoxy groups -OCH3 is 1. The Kier molecular flexibility index (Phi) is 4.02. The summed E-state index contributed by atoms with van der Waals surface area (Å²) in [6, 6.07) is 14.2. The molecule has 2 aromatic carbocycles. The summed E-state index contributed by atoms with van der Waals surface area (Å²) >= 11 is 0. The lowest BCUT2D eigenvalue weighted by Crippen LogP contribution is -2.35. The maximum absolute atomic E-state index is 12.6. The number of amides is 2. The Hall–Kier alpha value is -2.82. The lowest BCUT2D eigenvalue weighted by atomic mass is 10.2. The average molecular weight is 310 g/mol. The van der Waals surface area contributed by atoms with Gasteiger partial charge in [0.2, 0.25) is 5.91 Å². The molecule has 0 radical (unpaired) electrons. The molecule has 0 aliphatic carbocycles. The number of rotatable bonds is 4. The largest absolute Gasteiger partial charge is 0.495 e. The van der Waals surface area contributed by atoms with Crippen LogP contribution in [0.5, 0.6) is 5.75 Å². The van der Waals surface area contributed by atoms with E-state index >= 15 is 0 Å². The van der Waals surface area contributed by atoms with E-state index in [1.54, 1.807) is 24.3 Å². The number of carbonyl (C=O) groups excluding carboxylic acids is 2. The normalized spacial score (nSPS) is 17.5. The van der Waals surface area contributed by atoms with Gasteiger partial charge in [0.1, 0.15) is 11.8 Å². The highest BCUT2D eigenvalue weighted by Gasteiger charge is 2.40. The molecule has 0 bridgehead atoms. The van der Waals surface area contributed by atoms with Gasteiger partial charge in [-0.25, -0.2) is 4.90 Å². The number of benzene rings is 2. The second-order valence-corrected chi connectivity index (χ2v) is 5.51. The smallest absolute Gasteiger partial charge is 0.256 e. The minimum Gasteiger partial charge on any atom is -0.495 e. The summed E-state index contributed by atoms with van der Waals surface area (Å²) in [6.45, 7) is 2.00. The molecule has 1 heterocycles. The van der Waals surface area contributed by atoms with Crippen molar-refractivity contribution >= 4 is 23.2 Å². The van der Waals surface area contributed by atoms with Crippen LogP contribution in [0.4, 0.5) is 11.4 Å². The molecule has 1 aliphatic heterocycles. The maximum atomic E-state index is 12.6. The summed E-state index contributed by atoms with van der Waals surface area (Å²) < 4.78 is 5.25. The number of ether oxygens (including phenoxy) is 1. The van der Waals surface area contributed by atoms with Gasteiger partial charge in [0.25, 0.3) is 5.91 Å². The van der Waals surface area contributed by atoms with Crippen LogP contribution < -0.4 is 15.0 Å². The van der Waals surface area contributed by atoms with Crippen molar-refractivity contribution in [1.29, 1.82) is 0 Å². The first kappa shape index (κ1) is 15.1. The summed E-state index contributed by atoms with van der Waals surface area (Å²) in [5.74, 6) is 0.00868. The van der Waals surface area contributed by atoms with Crippen molar-refractivity contribution in [3.05, 3.63) is 54.1 Å². The highest BCUT2D eigenvalue weighted by atomic mass is 16.5. The Labute approximate surface area is 134 Å². The van der Waals surface area contributed by atoms with Crippen molar-refractivity contribution in [1.82, 2.24) is 0 Å². The third-order valence-electron chi connectivity index (χ3n) is 3.87. The zero-order chi connectivity index (χ0) is 16.4. The number of hydrogen-bond acceptors (Lipinski definition) is 4. The van der Waals surface area contributed by atoms with Gasteiger partial charge >= 0.3 is 0 Å². The van der Waals surface area contributed by atoms with Gasteiger partial charge in [-0.2, -0.15) is 0 Å². The molecule has 1 saturated heterocycles. The third-order valence-corrected chi connectivity index (χ3v) is 3.87. The summed E-state index contributed by atoms with van der Waals surface area (Å²) in [5.41, 5.74) is 2.45. The maximum Gasteiger partial charge on any atom is 0.256 e. The van der Waals surface area contributed by atoms with Crippen LogP contribution in [0.1, 0.15) is 12.0 Å². The first-order valence-electron chi connectivity index (χ1n) is 7.43. The van der Waals surface area contributed by atoms with Gasteiger partial charge < -0.3 is 10.1 Å². The van der Waals surface area contributed by atoms with E-state index in [1.807, 2.05) is 31.2 Å². The van der Waals surface area contributed by atoms with Crippen LogP contribution in [0.15, 0.2) is 48.5 Å². The molecule has 0 saturated carbocycles. The molecular weight excluding hydrogens is 292 g/mol. The fourth-order valence-electron chi connectivity index (χ4n) is 2.66. The molecule has 1 atom stereocenters. The Morgan fingerprint density at radius 1 is 1.09 bits per heavy atom. The van der Waals surface area contributed by atoms with Gasteiger partial charge in [0, 0.05) is 5.69 Å². The van der Waals surface area contributed by atoms with E-state index < -0.39 is 6.04 Å². The zero-order valence-electron chi connectivity index (χ0n) is 13.1. The molecule has 5 heteroatoms. The van der Waals surface area contributed by atoms with Crippen molar-refractivity contribution in [3.8, 4) is 5.75 Å². The van der Waals surface area contributed by atoms with Crippen LogP contribution in [0.3, 0.4) is 0 Å². The highest BCUT2D eigenvalue weighted by Crippen LogP contribution is 2.32. The number of carbonyl (C=O) groups is 2. The van der Waals surface area contributed by atoms with Crippen molar-refractivity contribution in [2.75, 3.05) is 17.3 Å². The number of anilines is 2. The Morgan fingerprint density at radius 3 is 2.48 bits per heavy atom. The summed E-state index contributed by atoms with van der Waals surface area (Å²) in [4.78, 5) is 26.2. The molecule has 23 heavy (non-hydrogen) atoms. The number of nitrogens with one attached hydrogen (secondary N) is 1. The van der Waals surface area contributed by atoms with Crippen LogP contribution in [0.25, 0.3) is 0 Å². The van der Waals surface area contributed by atoms with Gasteiger partial charge in [-0.15, -0.1) is 0 Å². The van der Waals surface area contributed by atoms with Gasteiger partial charge in [-0.3, -0.25) is 9.59 Å². The Balaban J connectivity index is 1.84. The molecule has 1 fully saturated rings. The fraction of sp³-hybridized carbons (Fsp3) is 0.222. The Bertz CT molecular complexity index is 740. The van der Waals surface area contributed by atoms with E-state index in [1.165, 1.54) is 12.0 Å². The number of hydrogen-bond donors (Lipinski definition) is 1. The number of aryl methyl sites for hydroxylation is 1. The van der Waals surface area contributed by atoms with E-state index in [0.29, 0.717) is 11.4 Å². The second-order valence-electron chi connectivity index (χ2n) is 5.51. The lowest BCUT2D eigenvalue weighted by molar-refractivity contribution is -0.121. The second kappa shape index (κ2) is 6.12. The van der Waals surface area contributed by atoms with Crippen LogP contribution in [-0.2, 0) is 9.59 Å². The molecule has 0 unspecified atom stereocenters. The third kappa shape index (κ3) is 2.90. The van der Waals surface area contributed by atoms with Gasteiger partial charge in [0.05, 0.1) is 19.2 Å². The lowest BCUT2D eigenvalue weighted by Gasteiger charge is -2.18. The molecule has 2 amide bonds. The predicted octanol–water partition coefficient (Wildman–Crippen LogP) is 2.75.